The zero-order valence-electron chi connectivity index (χ0n) is 10.6. The number of nitrogen functional groups attached to an aromatic ring is 1. The number of carboxylic acid groups (broad SMARTS) is 1. The number of halogens is 2. The number of nitrogens with one attached hydrogen (secondary N) is 1. The lowest BCUT2D eigenvalue weighted by molar-refractivity contribution is 0.0698. The maximum absolute atomic E-state index is 11.3. The summed E-state index contributed by atoms with van der Waals surface area (Å²) in [5.74, 6) is -1.09. The van der Waals surface area contributed by atoms with Crippen LogP contribution in [0.5, 0.6) is 0 Å². The van der Waals surface area contributed by atoms with E-state index in [4.69, 9.17) is 17.3 Å². The molecule has 2 aromatic rings. The smallest absolute Gasteiger partial charge is 0.337 e. The first-order valence-electron chi connectivity index (χ1n) is 5.74. The molecule has 0 fully saturated rings. The number of carboxylic acids is 1. The second-order valence-corrected chi connectivity index (χ2v) is 5.58. The third-order valence-electron chi connectivity index (χ3n) is 2.77. The molecule has 0 aliphatic carbocycles. The van der Waals surface area contributed by atoms with Crippen molar-refractivity contribution in [1.29, 1.82) is 0 Å². The molecule has 2 aromatic carbocycles. The Morgan fingerprint density at radius 3 is 2.65 bits per heavy atom. The molecule has 0 unspecified atom stereocenters. The van der Waals surface area contributed by atoms with Gasteiger partial charge in [0, 0.05) is 15.8 Å². The molecule has 0 aromatic heterocycles. The number of benzene rings is 2. The number of carbonyl (C=O) groups is 1. The van der Waals surface area contributed by atoms with Crippen molar-refractivity contribution in [2.45, 2.75) is 6.92 Å². The quantitative estimate of drug-likeness (QED) is 0.712. The summed E-state index contributed by atoms with van der Waals surface area (Å²) in [5.41, 5.74) is 8.07. The van der Waals surface area contributed by atoms with Crippen molar-refractivity contribution in [2.24, 2.45) is 0 Å². The Labute approximate surface area is 129 Å². The fraction of sp³-hybridized carbons (Fsp3) is 0.0714. The van der Waals surface area contributed by atoms with E-state index in [1.165, 1.54) is 12.1 Å². The molecule has 0 aliphatic heterocycles. The SMILES string of the molecule is Cc1cc(Nc2c(Cl)cc(N)cc2C(=O)O)ccc1Br. The van der Waals surface area contributed by atoms with Gasteiger partial charge < -0.3 is 16.2 Å². The summed E-state index contributed by atoms with van der Waals surface area (Å²) in [4.78, 5) is 11.3. The van der Waals surface area contributed by atoms with Crippen LogP contribution in [-0.4, -0.2) is 11.1 Å². The van der Waals surface area contributed by atoms with Gasteiger partial charge in [0.25, 0.3) is 0 Å². The van der Waals surface area contributed by atoms with E-state index in [0.717, 1.165) is 15.7 Å². The maximum Gasteiger partial charge on any atom is 0.337 e. The molecule has 4 nitrogen and oxygen atoms in total. The van der Waals surface area contributed by atoms with Crippen molar-refractivity contribution >= 4 is 50.6 Å². The van der Waals surface area contributed by atoms with Crippen molar-refractivity contribution in [2.75, 3.05) is 11.1 Å². The number of rotatable bonds is 3. The molecular weight excluding hydrogens is 344 g/mol. The predicted octanol–water partition coefficient (Wildman–Crippen LogP) is 4.43. The minimum Gasteiger partial charge on any atom is -0.478 e. The van der Waals surface area contributed by atoms with E-state index in [9.17, 15) is 9.90 Å². The molecule has 0 amide bonds. The number of anilines is 3. The Kier molecular flexibility index (Phi) is 4.20. The Morgan fingerprint density at radius 1 is 1.35 bits per heavy atom. The van der Waals surface area contributed by atoms with E-state index in [-0.39, 0.29) is 10.6 Å². The molecule has 0 spiro atoms. The van der Waals surface area contributed by atoms with Gasteiger partial charge in [-0.2, -0.15) is 0 Å². The van der Waals surface area contributed by atoms with Crippen molar-refractivity contribution in [3.8, 4) is 0 Å². The molecule has 0 radical (unpaired) electrons. The van der Waals surface area contributed by atoms with Gasteiger partial charge in [0.1, 0.15) is 0 Å². The van der Waals surface area contributed by atoms with Gasteiger partial charge >= 0.3 is 5.97 Å². The molecule has 104 valence electrons. The lowest BCUT2D eigenvalue weighted by atomic mass is 10.1. The number of aromatic carboxylic acids is 1. The lowest BCUT2D eigenvalue weighted by Gasteiger charge is -2.13. The van der Waals surface area contributed by atoms with Crippen molar-refractivity contribution in [3.05, 3.63) is 51.0 Å². The summed E-state index contributed by atoms with van der Waals surface area (Å²) in [7, 11) is 0. The highest BCUT2D eigenvalue weighted by molar-refractivity contribution is 9.10. The molecule has 6 heteroatoms. The minimum absolute atomic E-state index is 0.0376. The largest absolute Gasteiger partial charge is 0.478 e. The summed E-state index contributed by atoms with van der Waals surface area (Å²) in [6.45, 7) is 1.94. The van der Waals surface area contributed by atoms with Gasteiger partial charge in [0.05, 0.1) is 16.3 Å². The molecule has 0 saturated carbocycles. The molecule has 2 rings (SSSR count). The molecule has 0 heterocycles. The zero-order chi connectivity index (χ0) is 14.9. The second-order valence-electron chi connectivity index (χ2n) is 4.32. The summed E-state index contributed by atoms with van der Waals surface area (Å²) < 4.78 is 0.977. The zero-order valence-corrected chi connectivity index (χ0v) is 12.9. The molecular formula is C14H12BrClN2O2. The van der Waals surface area contributed by atoms with Gasteiger partial charge in [-0.05, 0) is 42.8 Å². The molecule has 0 atom stereocenters. The van der Waals surface area contributed by atoms with Crippen LogP contribution < -0.4 is 11.1 Å². The first-order valence-corrected chi connectivity index (χ1v) is 6.91. The van der Waals surface area contributed by atoms with Crippen molar-refractivity contribution < 1.29 is 9.90 Å². The molecule has 0 saturated heterocycles. The van der Waals surface area contributed by atoms with Crippen molar-refractivity contribution in [3.63, 3.8) is 0 Å². The topological polar surface area (TPSA) is 75.3 Å². The average Bonchev–Trinajstić information content (AvgIpc) is 2.36. The first kappa shape index (κ1) is 14.7. The van der Waals surface area contributed by atoms with E-state index in [1.54, 1.807) is 0 Å². The van der Waals surface area contributed by atoms with E-state index < -0.39 is 5.97 Å². The average molecular weight is 356 g/mol. The highest BCUT2D eigenvalue weighted by Crippen LogP contribution is 2.32. The summed E-state index contributed by atoms with van der Waals surface area (Å²) in [6.07, 6.45) is 0. The minimum atomic E-state index is -1.09. The highest BCUT2D eigenvalue weighted by Gasteiger charge is 2.15. The highest BCUT2D eigenvalue weighted by atomic mass is 79.9. The Hall–Kier alpha value is -1.72. The fourth-order valence-corrected chi connectivity index (χ4v) is 2.31. The van der Waals surface area contributed by atoms with Crippen LogP contribution in [0.15, 0.2) is 34.8 Å². The maximum atomic E-state index is 11.3. The number of aryl methyl sites for hydroxylation is 1. The van der Waals surface area contributed by atoms with Crippen LogP contribution in [0.25, 0.3) is 0 Å². The number of nitrogens with two attached hydrogens (primary N) is 1. The van der Waals surface area contributed by atoms with Gasteiger partial charge in [-0.15, -0.1) is 0 Å². The van der Waals surface area contributed by atoms with Crippen LogP contribution in [0.2, 0.25) is 5.02 Å². The van der Waals surface area contributed by atoms with Gasteiger partial charge in [0.2, 0.25) is 0 Å². The summed E-state index contributed by atoms with van der Waals surface area (Å²) >= 11 is 9.50. The van der Waals surface area contributed by atoms with Crippen LogP contribution in [-0.2, 0) is 0 Å². The molecule has 20 heavy (non-hydrogen) atoms. The normalized spacial score (nSPS) is 10.3. The van der Waals surface area contributed by atoms with E-state index >= 15 is 0 Å². The second kappa shape index (κ2) is 5.73. The molecule has 4 N–H and O–H groups in total. The van der Waals surface area contributed by atoms with E-state index in [2.05, 4.69) is 21.2 Å². The van der Waals surface area contributed by atoms with Crippen LogP contribution in [0.4, 0.5) is 17.1 Å². The number of hydrogen-bond donors (Lipinski definition) is 3. The van der Waals surface area contributed by atoms with Crippen LogP contribution in [0.3, 0.4) is 0 Å². The standard InChI is InChI=1S/C14H12BrClN2O2/c1-7-4-9(2-3-11(7)15)18-13-10(14(19)20)5-8(17)6-12(13)16/h2-6,18H,17H2,1H3,(H,19,20). The predicted molar refractivity (Wildman–Crippen MR) is 85.0 cm³/mol. The third kappa shape index (κ3) is 3.05. The third-order valence-corrected chi connectivity index (χ3v) is 3.96. The van der Waals surface area contributed by atoms with Gasteiger partial charge in [-0.3, -0.25) is 0 Å². The molecule has 0 bridgehead atoms. The fourth-order valence-electron chi connectivity index (χ4n) is 1.79. The molecule has 0 aliphatic rings. The van der Waals surface area contributed by atoms with Crippen LogP contribution >= 0.6 is 27.5 Å². The monoisotopic (exact) mass is 354 g/mol. The summed E-state index contributed by atoms with van der Waals surface area (Å²) in [6, 6.07) is 8.49. The van der Waals surface area contributed by atoms with Crippen LogP contribution in [0.1, 0.15) is 15.9 Å². The Bertz CT molecular complexity index is 689. The Morgan fingerprint density at radius 2 is 2.05 bits per heavy atom. The van der Waals surface area contributed by atoms with Gasteiger partial charge in [-0.1, -0.05) is 27.5 Å². The van der Waals surface area contributed by atoms with Gasteiger partial charge in [-0.25, -0.2) is 4.79 Å². The first-order chi connectivity index (χ1) is 9.38. The van der Waals surface area contributed by atoms with Gasteiger partial charge in [0.15, 0.2) is 0 Å². The lowest BCUT2D eigenvalue weighted by Crippen LogP contribution is -2.05. The van der Waals surface area contributed by atoms with E-state index in [1.807, 2.05) is 25.1 Å². The number of hydrogen-bond acceptors (Lipinski definition) is 3. The summed E-state index contributed by atoms with van der Waals surface area (Å²) in [5, 5.41) is 12.5. The Balaban J connectivity index is 2.47. The van der Waals surface area contributed by atoms with Crippen LogP contribution in [0, 0.1) is 6.92 Å². The van der Waals surface area contributed by atoms with Crippen molar-refractivity contribution in [1.82, 2.24) is 0 Å². The van der Waals surface area contributed by atoms with E-state index in [0.29, 0.717) is 11.4 Å².